The van der Waals surface area contributed by atoms with Crippen molar-refractivity contribution in [1.29, 1.82) is 0 Å². The van der Waals surface area contributed by atoms with Crippen molar-refractivity contribution in [2.24, 2.45) is 5.92 Å². The van der Waals surface area contributed by atoms with Gasteiger partial charge < -0.3 is 10.2 Å². The van der Waals surface area contributed by atoms with Crippen molar-refractivity contribution in [3.63, 3.8) is 0 Å². The molecule has 1 amide bonds. The molecule has 0 radical (unpaired) electrons. The Balaban J connectivity index is 2.08. The van der Waals surface area contributed by atoms with Crippen LogP contribution in [0, 0.1) is 18.7 Å². The van der Waals surface area contributed by atoms with Gasteiger partial charge in [0.2, 0.25) is 5.91 Å². The Bertz CT molecular complexity index is 603. The third-order valence-corrected chi connectivity index (χ3v) is 4.80. The minimum atomic E-state index is -0.180. The number of amides is 1. The standard InChI is InChI=1S/C20H30FN3O/c1-5-9-24-13-17(16-6-7-19(21)15(2)11-16)12-18(14-24)20(25)22-8-10-23(3)4/h5-7,11,17-18H,1,8-10,12-14H2,2-4H3,(H,22,25). The fourth-order valence-electron chi connectivity index (χ4n) is 3.42. The SMILES string of the molecule is C=CCN1CC(C(=O)NCCN(C)C)CC(c2ccc(F)c(C)c2)C1. The Kier molecular flexibility index (Phi) is 7.14. The van der Waals surface area contributed by atoms with E-state index in [1.54, 1.807) is 6.92 Å². The maximum Gasteiger partial charge on any atom is 0.224 e. The van der Waals surface area contributed by atoms with Gasteiger partial charge in [-0.05, 0) is 50.6 Å². The summed E-state index contributed by atoms with van der Waals surface area (Å²) < 4.78 is 13.6. The molecule has 1 heterocycles. The number of carbonyl (C=O) groups excluding carboxylic acids is 1. The van der Waals surface area contributed by atoms with Gasteiger partial charge in [-0.3, -0.25) is 9.69 Å². The number of benzene rings is 1. The van der Waals surface area contributed by atoms with Gasteiger partial charge in [0.1, 0.15) is 5.82 Å². The molecular weight excluding hydrogens is 317 g/mol. The molecule has 1 aromatic carbocycles. The molecule has 25 heavy (non-hydrogen) atoms. The zero-order valence-corrected chi connectivity index (χ0v) is 15.6. The molecule has 2 rings (SSSR count). The molecule has 5 heteroatoms. The highest BCUT2D eigenvalue weighted by atomic mass is 19.1. The van der Waals surface area contributed by atoms with Crippen LogP contribution in [0.5, 0.6) is 0 Å². The Labute approximate surface area is 150 Å². The molecule has 0 aliphatic carbocycles. The molecule has 4 nitrogen and oxygen atoms in total. The average molecular weight is 347 g/mol. The van der Waals surface area contributed by atoms with Gasteiger partial charge in [-0.1, -0.05) is 18.2 Å². The first-order valence-electron chi connectivity index (χ1n) is 8.92. The van der Waals surface area contributed by atoms with Gasteiger partial charge in [0.05, 0.1) is 5.92 Å². The lowest BCUT2D eigenvalue weighted by Gasteiger charge is -2.37. The highest BCUT2D eigenvalue weighted by Crippen LogP contribution is 2.31. The molecule has 2 unspecified atom stereocenters. The van der Waals surface area contributed by atoms with E-state index in [-0.39, 0.29) is 23.6 Å². The van der Waals surface area contributed by atoms with Gasteiger partial charge in [-0.2, -0.15) is 0 Å². The summed E-state index contributed by atoms with van der Waals surface area (Å²) >= 11 is 0. The van der Waals surface area contributed by atoms with Crippen molar-refractivity contribution < 1.29 is 9.18 Å². The molecule has 1 aromatic rings. The molecule has 1 fully saturated rings. The topological polar surface area (TPSA) is 35.6 Å². The Morgan fingerprint density at radius 2 is 2.20 bits per heavy atom. The van der Waals surface area contributed by atoms with E-state index >= 15 is 0 Å². The second-order valence-electron chi connectivity index (χ2n) is 7.24. The van der Waals surface area contributed by atoms with E-state index in [1.807, 2.05) is 32.3 Å². The molecule has 1 saturated heterocycles. The first-order valence-corrected chi connectivity index (χ1v) is 8.92. The molecule has 2 atom stereocenters. The van der Waals surface area contributed by atoms with Crippen LogP contribution in [-0.4, -0.2) is 62.5 Å². The predicted molar refractivity (Wildman–Crippen MR) is 100 cm³/mol. The van der Waals surface area contributed by atoms with Crippen LogP contribution >= 0.6 is 0 Å². The quantitative estimate of drug-likeness (QED) is 0.770. The van der Waals surface area contributed by atoms with Crippen molar-refractivity contribution in [2.45, 2.75) is 19.3 Å². The number of hydrogen-bond donors (Lipinski definition) is 1. The lowest BCUT2D eigenvalue weighted by Crippen LogP contribution is -2.46. The minimum Gasteiger partial charge on any atom is -0.355 e. The number of hydrogen-bond acceptors (Lipinski definition) is 3. The van der Waals surface area contributed by atoms with Crippen LogP contribution in [0.2, 0.25) is 0 Å². The second-order valence-corrected chi connectivity index (χ2v) is 7.24. The lowest BCUT2D eigenvalue weighted by atomic mass is 9.83. The van der Waals surface area contributed by atoms with E-state index < -0.39 is 0 Å². The molecule has 1 aliphatic heterocycles. The van der Waals surface area contributed by atoms with Crippen LogP contribution in [0.4, 0.5) is 4.39 Å². The summed E-state index contributed by atoms with van der Waals surface area (Å²) in [6.07, 6.45) is 2.67. The number of likely N-dealkylation sites (N-methyl/N-ethyl adjacent to an activating group) is 1. The molecule has 0 aromatic heterocycles. The predicted octanol–water partition coefficient (Wildman–Crippen LogP) is 2.40. The zero-order chi connectivity index (χ0) is 18.4. The minimum absolute atomic E-state index is 0.0498. The first-order chi connectivity index (χ1) is 11.9. The summed E-state index contributed by atoms with van der Waals surface area (Å²) in [5.74, 6) is 0.115. The van der Waals surface area contributed by atoms with Gasteiger partial charge in [0.25, 0.3) is 0 Å². The van der Waals surface area contributed by atoms with E-state index in [9.17, 15) is 9.18 Å². The van der Waals surface area contributed by atoms with E-state index in [1.165, 1.54) is 6.07 Å². The molecule has 1 N–H and O–H groups in total. The average Bonchev–Trinajstić information content (AvgIpc) is 2.57. The number of aryl methyl sites for hydroxylation is 1. The van der Waals surface area contributed by atoms with Crippen LogP contribution in [-0.2, 0) is 4.79 Å². The maximum absolute atomic E-state index is 13.6. The summed E-state index contributed by atoms with van der Waals surface area (Å²) in [7, 11) is 3.98. The number of halogens is 1. The number of nitrogens with one attached hydrogen (secondary N) is 1. The summed E-state index contributed by atoms with van der Waals surface area (Å²) in [5.41, 5.74) is 1.77. The highest BCUT2D eigenvalue weighted by Gasteiger charge is 2.32. The zero-order valence-electron chi connectivity index (χ0n) is 15.6. The summed E-state index contributed by atoms with van der Waals surface area (Å²) in [5, 5.41) is 3.05. The Hall–Kier alpha value is -1.72. The fourth-order valence-corrected chi connectivity index (χ4v) is 3.42. The summed E-state index contributed by atoms with van der Waals surface area (Å²) in [4.78, 5) is 16.9. The highest BCUT2D eigenvalue weighted by molar-refractivity contribution is 5.79. The molecule has 0 bridgehead atoms. The van der Waals surface area contributed by atoms with Crippen LogP contribution < -0.4 is 5.32 Å². The number of carbonyl (C=O) groups is 1. The molecule has 0 spiro atoms. The van der Waals surface area contributed by atoms with Crippen LogP contribution in [0.3, 0.4) is 0 Å². The first kappa shape index (κ1) is 19.6. The van der Waals surface area contributed by atoms with Crippen LogP contribution in [0.15, 0.2) is 30.9 Å². The lowest BCUT2D eigenvalue weighted by molar-refractivity contribution is -0.126. The smallest absolute Gasteiger partial charge is 0.224 e. The van der Waals surface area contributed by atoms with Crippen molar-refractivity contribution in [2.75, 3.05) is 46.8 Å². The van der Waals surface area contributed by atoms with Crippen LogP contribution in [0.1, 0.15) is 23.5 Å². The molecule has 1 aliphatic rings. The van der Waals surface area contributed by atoms with Crippen LogP contribution in [0.25, 0.3) is 0 Å². The largest absolute Gasteiger partial charge is 0.355 e. The molecule has 138 valence electrons. The van der Waals surface area contributed by atoms with Crippen molar-refractivity contribution in [1.82, 2.24) is 15.1 Å². The van der Waals surface area contributed by atoms with E-state index in [0.29, 0.717) is 12.1 Å². The second kappa shape index (κ2) is 9.11. The number of rotatable bonds is 7. The third-order valence-electron chi connectivity index (χ3n) is 4.80. The van der Waals surface area contributed by atoms with Gasteiger partial charge in [-0.25, -0.2) is 4.39 Å². The van der Waals surface area contributed by atoms with E-state index in [0.717, 1.165) is 38.2 Å². The van der Waals surface area contributed by atoms with Crippen molar-refractivity contribution in [3.05, 3.63) is 47.8 Å². The number of likely N-dealkylation sites (tertiary alicyclic amines) is 1. The van der Waals surface area contributed by atoms with Gasteiger partial charge in [0, 0.05) is 32.7 Å². The van der Waals surface area contributed by atoms with E-state index in [2.05, 4.69) is 21.7 Å². The molecule has 0 saturated carbocycles. The third kappa shape index (κ3) is 5.65. The fraction of sp³-hybridized carbons (Fsp3) is 0.550. The van der Waals surface area contributed by atoms with Crippen molar-refractivity contribution in [3.8, 4) is 0 Å². The van der Waals surface area contributed by atoms with E-state index in [4.69, 9.17) is 0 Å². The van der Waals surface area contributed by atoms with Crippen molar-refractivity contribution >= 4 is 5.91 Å². The normalized spacial score (nSPS) is 21.3. The summed E-state index contributed by atoms with van der Waals surface area (Å²) in [6.45, 7) is 9.47. The van der Waals surface area contributed by atoms with Gasteiger partial charge in [0.15, 0.2) is 0 Å². The maximum atomic E-state index is 13.6. The Morgan fingerprint density at radius 1 is 1.44 bits per heavy atom. The van der Waals surface area contributed by atoms with Gasteiger partial charge in [-0.15, -0.1) is 6.58 Å². The summed E-state index contributed by atoms with van der Waals surface area (Å²) in [6, 6.07) is 5.30. The molecular formula is C20H30FN3O. The van der Waals surface area contributed by atoms with Gasteiger partial charge >= 0.3 is 0 Å². The number of nitrogens with zero attached hydrogens (tertiary/aromatic N) is 2. The monoisotopic (exact) mass is 347 g/mol. The Morgan fingerprint density at radius 3 is 2.84 bits per heavy atom. The number of piperidine rings is 1.